The summed E-state index contributed by atoms with van der Waals surface area (Å²) in [6.07, 6.45) is 0. The maximum atomic E-state index is 12.8. The van der Waals surface area contributed by atoms with E-state index < -0.39 is 10.0 Å². The predicted octanol–water partition coefficient (Wildman–Crippen LogP) is 2.29. The summed E-state index contributed by atoms with van der Waals surface area (Å²) in [6, 6.07) is 13.7. The minimum Gasteiger partial charge on any atom is -0.493 e. The molecule has 0 fully saturated rings. The van der Waals surface area contributed by atoms with E-state index >= 15 is 0 Å². The molecule has 2 aromatic carbocycles. The van der Waals surface area contributed by atoms with E-state index in [-0.39, 0.29) is 10.9 Å². The topological polar surface area (TPSA) is 67.9 Å². The molecule has 0 bridgehead atoms. The summed E-state index contributed by atoms with van der Waals surface area (Å²) in [5, 5.41) is 0. The molecule has 2 aromatic rings. The van der Waals surface area contributed by atoms with Crippen molar-refractivity contribution in [3.63, 3.8) is 0 Å². The molecule has 0 saturated heterocycles. The Hall–Kier alpha value is -2.09. The maximum absolute atomic E-state index is 12.8. The smallest absolute Gasteiger partial charge is 0.241 e. The van der Waals surface area contributed by atoms with Crippen molar-refractivity contribution in [1.82, 2.24) is 9.62 Å². The van der Waals surface area contributed by atoms with Gasteiger partial charge in [-0.25, -0.2) is 13.1 Å². The SMILES string of the molecule is COc1ccc(S(=O)(=O)NC(CN(C)C)c2ccccc2)cc1OC. The van der Waals surface area contributed by atoms with E-state index in [1.165, 1.54) is 26.4 Å². The Bertz CT molecular complexity index is 792. The Morgan fingerprint density at radius 1 is 1.00 bits per heavy atom. The Labute approximate surface area is 149 Å². The standard InChI is InChI=1S/C18H24N2O4S/c1-20(2)13-16(14-8-6-5-7-9-14)19-25(21,22)15-10-11-17(23-3)18(12-15)24-4/h5-12,16,19H,13H2,1-4H3. The second-order valence-electron chi connectivity index (χ2n) is 5.86. The molecule has 0 aliphatic rings. The van der Waals surface area contributed by atoms with Gasteiger partial charge >= 0.3 is 0 Å². The van der Waals surface area contributed by atoms with Crippen LogP contribution in [-0.2, 0) is 10.0 Å². The van der Waals surface area contributed by atoms with Gasteiger partial charge < -0.3 is 14.4 Å². The van der Waals surface area contributed by atoms with Gasteiger partial charge in [0.25, 0.3) is 0 Å². The lowest BCUT2D eigenvalue weighted by molar-refractivity contribution is 0.353. The van der Waals surface area contributed by atoms with Gasteiger partial charge in [-0.15, -0.1) is 0 Å². The van der Waals surface area contributed by atoms with Crippen LogP contribution in [0.15, 0.2) is 53.4 Å². The molecule has 6 nitrogen and oxygen atoms in total. The Kier molecular flexibility index (Phi) is 6.41. The number of methoxy groups -OCH3 is 2. The van der Waals surface area contributed by atoms with Crippen LogP contribution < -0.4 is 14.2 Å². The van der Waals surface area contributed by atoms with Gasteiger partial charge in [0.15, 0.2) is 11.5 Å². The second kappa shape index (κ2) is 8.33. The van der Waals surface area contributed by atoms with E-state index in [1.54, 1.807) is 6.07 Å². The van der Waals surface area contributed by atoms with Crippen LogP contribution in [0.4, 0.5) is 0 Å². The van der Waals surface area contributed by atoms with Crippen LogP contribution in [0.5, 0.6) is 11.5 Å². The molecular weight excluding hydrogens is 340 g/mol. The summed E-state index contributed by atoms with van der Waals surface area (Å²) in [4.78, 5) is 2.07. The van der Waals surface area contributed by atoms with Gasteiger partial charge in [0.1, 0.15) is 0 Å². The number of likely N-dealkylation sites (N-methyl/N-ethyl adjacent to an activating group) is 1. The molecule has 136 valence electrons. The van der Waals surface area contributed by atoms with Crippen molar-refractivity contribution in [3.8, 4) is 11.5 Å². The molecule has 0 heterocycles. The van der Waals surface area contributed by atoms with Crippen molar-refractivity contribution in [1.29, 1.82) is 0 Å². The molecular formula is C18H24N2O4S. The van der Waals surface area contributed by atoms with Gasteiger partial charge in [0, 0.05) is 12.6 Å². The molecule has 0 aliphatic heterocycles. The number of hydrogen-bond acceptors (Lipinski definition) is 5. The molecule has 1 N–H and O–H groups in total. The number of rotatable bonds is 8. The summed E-state index contributed by atoms with van der Waals surface area (Å²) in [5.41, 5.74) is 0.903. The van der Waals surface area contributed by atoms with Crippen molar-refractivity contribution in [2.24, 2.45) is 0 Å². The summed E-state index contributed by atoms with van der Waals surface area (Å²) in [6.45, 7) is 0.538. The van der Waals surface area contributed by atoms with Gasteiger partial charge in [0.2, 0.25) is 10.0 Å². The number of nitrogens with zero attached hydrogens (tertiary/aromatic N) is 1. The Morgan fingerprint density at radius 2 is 1.64 bits per heavy atom. The Balaban J connectivity index is 2.34. The van der Waals surface area contributed by atoms with Gasteiger partial charge in [-0.2, -0.15) is 0 Å². The summed E-state index contributed by atoms with van der Waals surface area (Å²) < 4.78 is 38.8. The van der Waals surface area contributed by atoms with Crippen molar-refractivity contribution < 1.29 is 17.9 Å². The molecule has 0 amide bonds. The first-order chi connectivity index (χ1) is 11.9. The minimum atomic E-state index is -3.72. The number of nitrogens with one attached hydrogen (secondary N) is 1. The normalized spacial score (nSPS) is 12.8. The fourth-order valence-electron chi connectivity index (χ4n) is 2.50. The van der Waals surface area contributed by atoms with Crippen LogP contribution in [0.3, 0.4) is 0 Å². The molecule has 7 heteroatoms. The van der Waals surface area contributed by atoms with Crippen molar-refractivity contribution in [2.75, 3.05) is 34.9 Å². The molecule has 0 saturated carbocycles. The number of hydrogen-bond donors (Lipinski definition) is 1. The second-order valence-corrected chi connectivity index (χ2v) is 7.58. The monoisotopic (exact) mass is 364 g/mol. The maximum Gasteiger partial charge on any atom is 0.241 e. The van der Waals surface area contributed by atoms with Gasteiger partial charge in [0.05, 0.1) is 25.2 Å². The van der Waals surface area contributed by atoms with Crippen molar-refractivity contribution >= 4 is 10.0 Å². The van der Waals surface area contributed by atoms with Gasteiger partial charge in [-0.1, -0.05) is 30.3 Å². The minimum absolute atomic E-state index is 0.129. The molecule has 25 heavy (non-hydrogen) atoms. The van der Waals surface area contributed by atoms with E-state index in [4.69, 9.17) is 9.47 Å². The fraction of sp³-hybridized carbons (Fsp3) is 0.333. The fourth-order valence-corrected chi connectivity index (χ4v) is 3.73. The summed E-state index contributed by atoms with van der Waals surface area (Å²) in [7, 11) is 3.06. The molecule has 1 atom stereocenters. The summed E-state index contributed by atoms with van der Waals surface area (Å²) in [5.74, 6) is 0.851. The van der Waals surface area contributed by atoms with E-state index in [0.29, 0.717) is 18.0 Å². The highest BCUT2D eigenvalue weighted by Gasteiger charge is 2.23. The largest absolute Gasteiger partial charge is 0.493 e. The third kappa shape index (κ3) is 4.94. The first-order valence-electron chi connectivity index (χ1n) is 7.81. The molecule has 0 radical (unpaired) electrons. The van der Waals surface area contributed by atoms with Crippen LogP contribution in [0.2, 0.25) is 0 Å². The van der Waals surface area contributed by atoms with Crippen LogP contribution in [0.1, 0.15) is 11.6 Å². The zero-order valence-electron chi connectivity index (χ0n) is 14.9. The zero-order valence-corrected chi connectivity index (χ0v) is 15.7. The molecule has 0 spiro atoms. The van der Waals surface area contributed by atoms with Crippen LogP contribution >= 0.6 is 0 Å². The van der Waals surface area contributed by atoms with Crippen molar-refractivity contribution in [3.05, 3.63) is 54.1 Å². The predicted molar refractivity (Wildman–Crippen MR) is 97.6 cm³/mol. The zero-order chi connectivity index (χ0) is 18.4. The summed E-state index contributed by atoms with van der Waals surface area (Å²) >= 11 is 0. The quantitative estimate of drug-likeness (QED) is 0.778. The van der Waals surface area contributed by atoms with E-state index in [9.17, 15) is 8.42 Å². The van der Waals surface area contributed by atoms with Crippen LogP contribution in [0.25, 0.3) is 0 Å². The third-order valence-electron chi connectivity index (χ3n) is 3.71. The first-order valence-corrected chi connectivity index (χ1v) is 9.29. The average Bonchev–Trinajstić information content (AvgIpc) is 2.60. The average molecular weight is 364 g/mol. The Morgan fingerprint density at radius 3 is 2.20 bits per heavy atom. The number of ether oxygens (including phenoxy) is 2. The van der Waals surface area contributed by atoms with E-state index in [1.807, 2.05) is 49.3 Å². The lowest BCUT2D eigenvalue weighted by Crippen LogP contribution is -2.35. The highest BCUT2D eigenvalue weighted by Crippen LogP contribution is 2.30. The molecule has 1 unspecified atom stereocenters. The highest BCUT2D eigenvalue weighted by molar-refractivity contribution is 7.89. The first kappa shape index (κ1) is 19.2. The number of sulfonamides is 1. The number of benzene rings is 2. The van der Waals surface area contributed by atoms with Crippen LogP contribution in [-0.4, -0.2) is 48.2 Å². The van der Waals surface area contributed by atoms with E-state index in [0.717, 1.165) is 5.56 Å². The van der Waals surface area contributed by atoms with Crippen molar-refractivity contribution in [2.45, 2.75) is 10.9 Å². The molecule has 2 rings (SSSR count). The highest BCUT2D eigenvalue weighted by atomic mass is 32.2. The van der Waals surface area contributed by atoms with Crippen LogP contribution in [0, 0.1) is 0 Å². The lowest BCUT2D eigenvalue weighted by atomic mass is 10.1. The lowest BCUT2D eigenvalue weighted by Gasteiger charge is -2.23. The van der Waals surface area contributed by atoms with E-state index in [2.05, 4.69) is 4.72 Å². The molecule has 0 aliphatic carbocycles. The van der Waals surface area contributed by atoms with Gasteiger partial charge in [-0.3, -0.25) is 0 Å². The third-order valence-corrected chi connectivity index (χ3v) is 5.18. The molecule has 0 aromatic heterocycles. The van der Waals surface area contributed by atoms with Gasteiger partial charge in [-0.05, 0) is 31.8 Å².